The maximum Gasteiger partial charge on any atom is 0.229 e. The fraction of sp³-hybridized carbons (Fsp3) is 0.455. The Hall–Kier alpha value is -3.10. The summed E-state index contributed by atoms with van der Waals surface area (Å²) in [6.07, 6.45) is 7.43. The van der Waals surface area contributed by atoms with Crippen molar-refractivity contribution in [2.24, 2.45) is 5.92 Å². The van der Waals surface area contributed by atoms with Crippen molar-refractivity contribution >= 4 is 28.6 Å². The molecule has 0 bridgehead atoms. The number of carbonyl (C=O) groups is 1. The highest BCUT2D eigenvalue weighted by Crippen LogP contribution is 2.30. The number of benzene rings is 1. The number of nitrogens with one attached hydrogen (secondary N) is 1. The van der Waals surface area contributed by atoms with Crippen LogP contribution in [-0.2, 0) is 17.8 Å². The lowest BCUT2D eigenvalue weighted by Gasteiger charge is -2.32. The van der Waals surface area contributed by atoms with Gasteiger partial charge >= 0.3 is 0 Å². The van der Waals surface area contributed by atoms with Crippen LogP contribution < -0.4 is 10.2 Å². The predicted octanol–water partition coefficient (Wildman–Crippen LogP) is 3.69. The second-order valence-electron chi connectivity index (χ2n) is 8.26. The number of aryl methyl sites for hydroxylation is 2. The van der Waals surface area contributed by atoms with E-state index in [-0.39, 0.29) is 17.5 Å². The Kier molecular flexibility index (Phi) is 5.25. The fourth-order valence-electron chi connectivity index (χ4n) is 4.57. The molecule has 1 fully saturated rings. The number of carbonyl (C=O) groups excluding carboxylic acids is 1. The SMILES string of the molecule is O=C(Nc1ccc(F)cc1F)[C@@H]1CCCN(c2ncnc3c2nc2n3CCCCC2)C1. The quantitative estimate of drug-likeness (QED) is 0.691. The lowest BCUT2D eigenvalue weighted by Crippen LogP contribution is -2.41. The average molecular weight is 426 g/mol. The lowest BCUT2D eigenvalue weighted by atomic mass is 9.97. The summed E-state index contributed by atoms with van der Waals surface area (Å²) < 4.78 is 29.3. The summed E-state index contributed by atoms with van der Waals surface area (Å²) in [5, 5.41) is 2.60. The number of halogens is 2. The molecule has 3 aromatic rings. The lowest BCUT2D eigenvalue weighted by molar-refractivity contribution is -0.120. The Bertz CT molecular complexity index is 1130. The van der Waals surface area contributed by atoms with Gasteiger partial charge in [-0.15, -0.1) is 0 Å². The van der Waals surface area contributed by atoms with Crippen molar-refractivity contribution in [1.29, 1.82) is 0 Å². The van der Waals surface area contributed by atoms with E-state index in [1.165, 1.54) is 12.5 Å². The van der Waals surface area contributed by atoms with E-state index in [0.717, 1.165) is 73.7 Å². The Morgan fingerprint density at radius 1 is 1.10 bits per heavy atom. The molecule has 9 heteroatoms. The van der Waals surface area contributed by atoms with Crippen LogP contribution in [0.2, 0.25) is 0 Å². The Morgan fingerprint density at radius 3 is 2.87 bits per heavy atom. The maximum absolute atomic E-state index is 13.9. The molecule has 1 N–H and O–H groups in total. The monoisotopic (exact) mass is 426 g/mol. The summed E-state index contributed by atoms with van der Waals surface area (Å²) >= 11 is 0. The highest BCUT2D eigenvalue weighted by atomic mass is 19.1. The molecule has 0 aliphatic carbocycles. The van der Waals surface area contributed by atoms with Crippen molar-refractivity contribution in [1.82, 2.24) is 19.5 Å². The van der Waals surface area contributed by atoms with Crippen LogP contribution in [-0.4, -0.2) is 38.5 Å². The molecular weight excluding hydrogens is 402 g/mol. The number of rotatable bonds is 3. The van der Waals surface area contributed by atoms with E-state index in [9.17, 15) is 13.6 Å². The topological polar surface area (TPSA) is 75.9 Å². The standard InChI is InChI=1S/C22H24F2N6O/c23-15-7-8-17(16(24)11-15)27-22(31)14-5-4-9-29(12-14)20-19-21(26-13-25-20)30-10-3-1-2-6-18(30)28-19/h7-8,11,13-14H,1-6,9-10,12H2,(H,27,31)/t14-/m1/s1. The van der Waals surface area contributed by atoms with E-state index in [4.69, 9.17) is 4.98 Å². The number of hydrogen-bond acceptors (Lipinski definition) is 5. The number of hydrogen-bond donors (Lipinski definition) is 1. The zero-order chi connectivity index (χ0) is 21.4. The van der Waals surface area contributed by atoms with Gasteiger partial charge in [-0.3, -0.25) is 4.79 Å². The fourth-order valence-corrected chi connectivity index (χ4v) is 4.57. The Morgan fingerprint density at radius 2 is 2.00 bits per heavy atom. The van der Waals surface area contributed by atoms with E-state index >= 15 is 0 Å². The van der Waals surface area contributed by atoms with Crippen molar-refractivity contribution in [2.45, 2.75) is 45.1 Å². The number of anilines is 2. The van der Waals surface area contributed by atoms with Gasteiger partial charge in [-0.1, -0.05) is 6.42 Å². The summed E-state index contributed by atoms with van der Waals surface area (Å²) in [5.74, 6) is -0.267. The first-order valence-corrected chi connectivity index (χ1v) is 10.8. The summed E-state index contributed by atoms with van der Waals surface area (Å²) in [6, 6.07) is 3.14. The van der Waals surface area contributed by atoms with Crippen LogP contribution in [0.3, 0.4) is 0 Å². The molecule has 2 aliphatic heterocycles. The molecule has 2 aromatic heterocycles. The van der Waals surface area contributed by atoms with Gasteiger partial charge in [0.15, 0.2) is 17.0 Å². The van der Waals surface area contributed by atoms with Gasteiger partial charge in [0.2, 0.25) is 5.91 Å². The summed E-state index contributed by atoms with van der Waals surface area (Å²) in [6.45, 7) is 2.14. The minimum atomic E-state index is -0.780. The molecule has 0 saturated carbocycles. The number of fused-ring (bicyclic) bond motifs is 3. The van der Waals surface area contributed by atoms with Gasteiger partial charge in [-0.25, -0.2) is 23.7 Å². The van der Waals surface area contributed by atoms with Gasteiger partial charge in [-0.2, -0.15) is 0 Å². The minimum Gasteiger partial charge on any atom is -0.354 e. The van der Waals surface area contributed by atoms with Crippen LogP contribution in [0.1, 0.15) is 37.9 Å². The highest BCUT2D eigenvalue weighted by molar-refractivity contribution is 5.93. The van der Waals surface area contributed by atoms with E-state index in [0.29, 0.717) is 13.0 Å². The third-order valence-corrected chi connectivity index (χ3v) is 6.15. The molecule has 0 radical (unpaired) electrons. The van der Waals surface area contributed by atoms with Crippen molar-refractivity contribution in [2.75, 3.05) is 23.3 Å². The molecule has 1 atom stereocenters. The highest BCUT2D eigenvalue weighted by Gasteiger charge is 2.29. The van der Waals surface area contributed by atoms with Crippen LogP contribution in [0.4, 0.5) is 20.3 Å². The van der Waals surface area contributed by atoms with E-state index in [1.54, 1.807) is 6.33 Å². The Balaban J connectivity index is 1.38. The van der Waals surface area contributed by atoms with Crippen LogP contribution in [0.5, 0.6) is 0 Å². The van der Waals surface area contributed by atoms with Gasteiger partial charge in [0, 0.05) is 32.1 Å². The molecule has 4 heterocycles. The maximum atomic E-state index is 13.9. The van der Waals surface area contributed by atoms with Gasteiger partial charge in [0.1, 0.15) is 23.8 Å². The first kappa shape index (κ1) is 19.8. The van der Waals surface area contributed by atoms with Gasteiger partial charge in [0.25, 0.3) is 0 Å². The van der Waals surface area contributed by atoms with Crippen LogP contribution >= 0.6 is 0 Å². The zero-order valence-corrected chi connectivity index (χ0v) is 17.2. The van der Waals surface area contributed by atoms with Crippen molar-refractivity contribution in [3.8, 4) is 0 Å². The van der Waals surface area contributed by atoms with E-state index < -0.39 is 11.6 Å². The molecule has 31 heavy (non-hydrogen) atoms. The first-order valence-electron chi connectivity index (χ1n) is 10.8. The molecule has 5 rings (SSSR count). The molecule has 1 aromatic carbocycles. The molecule has 7 nitrogen and oxygen atoms in total. The second kappa shape index (κ2) is 8.20. The number of nitrogens with zero attached hydrogens (tertiary/aromatic N) is 5. The normalized spacial score (nSPS) is 19.2. The second-order valence-corrected chi connectivity index (χ2v) is 8.26. The number of amides is 1. The molecule has 2 aliphatic rings. The van der Waals surface area contributed by atoms with Crippen LogP contribution in [0.25, 0.3) is 11.2 Å². The summed E-state index contributed by atoms with van der Waals surface area (Å²) in [5.41, 5.74) is 1.62. The third kappa shape index (κ3) is 3.84. The largest absolute Gasteiger partial charge is 0.354 e. The smallest absolute Gasteiger partial charge is 0.229 e. The van der Waals surface area contributed by atoms with Gasteiger partial charge in [0.05, 0.1) is 11.6 Å². The number of aromatic nitrogens is 4. The van der Waals surface area contributed by atoms with Crippen LogP contribution in [0, 0.1) is 17.6 Å². The number of imidazole rings is 1. The average Bonchev–Trinajstić information content (AvgIpc) is 2.96. The molecule has 1 amide bonds. The zero-order valence-electron chi connectivity index (χ0n) is 17.2. The summed E-state index contributed by atoms with van der Waals surface area (Å²) in [4.78, 5) is 28.7. The first-order chi connectivity index (χ1) is 15.1. The molecule has 1 saturated heterocycles. The molecule has 162 valence electrons. The predicted molar refractivity (Wildman–Crippen MR) is 113 cm³/mol. The molecule has 0 spiro atoms. The number of piperidine rings is 1. The van der Waals surface area contributed by atoms with Crippen molar-refractivity contribution in [3.63, 3.8) is 0 Å². The van der Waals surface area contributed by atoms with Crippen LogP contribution in [0.15, 0.2) is 24.5 Å². The minimum absolute atomic E-state index is 0.00853. The van der Waals surface area contributed by atoms with Crippen molar-refractivity contribution < 1.29 is 13.6 Å². The Labute approximate surface area is 178 Å². The van der Waals surface area contributed by atoms with E-state index in [1.807, 2.05) is 0 Å². The third-order valence-electron chi connectivity index (χ3n) is 6.15. The van der Waals surface area contributed by atoms with Crippen molar-refractivity contribution in [3.05, 3.63) is 42.0 Å². The molecular formula is C22H24F2N6O. The van der Waals surface area contributed by atoms with Gasteiger partial charge < -0.3 is 14.8 Å². The van der Waals surface area contributed by atoms with E-state index in [2.05, 4.69) is 24.8 Å². The molecule has 0 unspecified atom stereocenters. The summed E-state index contributed by atoms with van der Waals surface area (Å²) in [7, 11) is 0. The van der Waals surface area contributed by atoms with Gasteiger partial charge in [-0.05, 0) is 37.8 Å².